The van der Waals surface area contributed by atoms with Crippen molar-refractivity contribution < 1.29 is 4.74 Å². The van der Waals surface area contributed by atoms with Gasteiger partial charge in [-0.15, -0.1) is 0 Å². The summed E-state index contributed by atoms with van der Waals surface area (Å²) in [7, 11) is 0. The summed E-state index contributed by atoms with van der Waals surface area (Å²) >= 11 is 0. The molecule has 0 amide bonds. The van der Waals surface area contributed by atoms with E-state index >= 15 is 0 Å². The van der Waals surface area contributed by atoms with E-state index in [0.29, 0.717) is 11.5 Å². The third-order valence-electron chi connectivity index (χ3n) is 4.87. The van der Waals surface area contributed by atoms with Gasteiger partial charge in [0.15, 0.2) is 0 Å². The first-order valence-electron chi connectivity index (χ1n) is 7.55. The monoisotopic (exact) mass is 270 g/mol. The number of nitrogens with zero attached hydrogens (tertiary/aromatic N) is 1. The molecule has 1 N–H and O–H groups in total. The number of nitrogens with one attached hydrogen (secondary N) is 1. The molecule has 4 rings (SSSR count). The quantitative estimate of drug-likeness (QED) is 0.908. The van der Waals surface area contributed by atoms with Gasteiger partial charge < -0.3 is 9.72 Å². The number of aromatic amines is 1. The van der Waals surface area contributed by atoms with Crippen LogP contribution in [0.1, 0.15) is 25.1 Å². The van der Waals surface area contributed by atoms with Gasteiger partial charge in [-0.05, 0) is 25.0 Å². The van der Waals surface area contributed by atoms with E-state index in [2.05, 4.69) is 48.0 Å². The van der Waals surface area contributed by atoms with Crippen molar-refractivity contribution in [3.05, 3.63) is 35.5 Å². The van der Waals surface area contributed by atoms with E-state index in [4.69, 9.17) is 4.74 Å². The number of rotatable bonds is 2. The molecular formula is C17H22N2O. The summed E-state index contributed by atoms with van der Waals surface area (Å²) in [5, 5.41) is 1.41. The molecule has 1 saturated heterocycles. The molecule has 3 nitrogen and oxygen atoms in total. The Labute approximate surface area is 119 Å². The molecular weight excluding hydrogens is 248 g/mol. The van der Waals surface area contributed by atoms with Crippen LogP contribution in [0.5, 0.6) is 0 Å². The molecule has 0 spiro atoms. The van der Waals surface area contributed by atoms with Gasteiger partial charge in [0.25, 0.3) is 0 Å². The van der Waals surface area contributed by atoms with Crippen molar-refractivity contribution in [2.45, 2.75) is 32.9 Å². The first kappa shape index (κ1) is 12.4. The third kappa shape index (κ3) is 1.88. The second-order valence-electron chi connectivity index (χ2n) is 6.89. The molecule has 2 aromatic rings. The number of hydrogen-bond acceptors (Lipinski definition) is 2. The van der Waals surface area contributed by atoms with Crippen molar-refractivity contribution in [3.8, 4) is 0 Å². The van der Waals surface area contributed by atoms with Gasteiger partial charge in [0.1, 0.15) is 0 Å². The molecule has 0 saturated carbocycles. The van der Waals surface area contributed by atoms with Crippen LogP contribution in [0, 0.1) is 5.41 Å². The van der Waals surface area contributed by atoms with Gasteiger partial charge in [-0.3, -0.25) is 4.90 Å². The second kappa shape index (κ2) is 4.34. The van der Waals surface area contributed by atoms with Gasteiger partial charge >= 0.3 is 0 Å². The molecule has 3 heteroatoms. The lowest BCUT2D eigenvalue weighted by Gasteiger charge is -2.45. The Morgan fingerprint density at radius 3 is 2.90 bits per heavy atom. The van der Waals surface area contributed by atoms with Crippen LogP contribution >= 0.6 is 0 Å². The molecule has 1 aromatic carbocycles. The number of aromatic nitrogens is 1. The fourth-order valence-electron chi connectivity index (χ4n) is 3.65. The van der Waals surface area contributed by atoms with E-state index in [-0.39, 0.29) is 0 Å². The Morgan fingerprint density at radius 2 is 2.15 bits per heavy atom. The minimum atomic E-state index is 0.359. The molecule has 1 aromatic heterocycles. The lowest BCUT2D eigenvalue weighted by Crippen LogP contribution is -2.52. The Bertz CT molecular complexity index is 641. The number of benzene rings is 1. The van der Waals surface area contributed by atoms with Gasteiger partial charge in [-0.1, -0.05) is 25.1 Å². The molecule has 20 heavy (non-hydrogen) atoms. The summed E-state index contributed by atoms with van der Waals surface area (Å²) in [6.45, 7) is 8.70. The van der Waals surface area contributed by atoms with Crippen molar-refractivity contribution >= 4 is 10.9 Å². The van der Waals surface area contributed by atoms with Crippen LogP contribution in [0.3, 0.4) is 0 Å². The Kier molecular flexibility index (Phi) is 2.69. The summed E-state index contributed by atoms with van der Waals surface area (Å²) in [5.74, 6) is 0. The molecule has 0 bridgehead atoms. The summed E-state index contributed by atoms with van der Waals surface area (Å²) in [5.41, 5.74) is 4.58. The first-order valence-corrected chi connectivity index (χ1v) is 7.55. The molecule has 2 aliphatic rings. The highest BCUT2D eigenvalue weighted by Crippen LogP contribution is 2.34. The zero-order chi connectivity index (χ0) is 13.7. The van der Waals surface area contributed by atoms with Gasteiger partial charge in [-0.25, -0.2) is 0 Å². The van der Waals surface area contributed by atoms with Crippen LogP contribution < -0.4 is 0 Å². The first-order chi connectivity index (χ1) is 9.65. The van der Waals surface area contributed by atoms with E-state index in [1.165, 1.54) is 22.2 Å². The molecule has 1 atom stereocenters. The summed E-state index contributed by atoms with van der Waals surface area (Å²) in [6, 6.07) is 9.29. The lowest BCUT2D eigenvalue weighted by molar-refractivity contribution is -0.120. The second-order valence-corrected chi connectivity index (χ2v) is 6.89. The molecule has 106 valence electrons. The molecule has 0 aliphatic carbocycles. The van der Waals surface area contributed by atoms with Gasteiger partial charge in [-0.2, -0.15) is 0 Å². The minimum absolute atomic E-state index is 0.359. The van der Waals surface area contributed by atoms with Crippen LogP contribution in [0.4, 0.5) is 0 Å². The van der Waals surface area contributed by atoms with Crippen LogP contribution in [0.2, 0.25) is 0 Å². The topological polar surface area (TPSA) is 28.3 Å². The number of ether oxygens (including phenoxy) is 1. The van der Waals surface area contributed by atoms with Crippen molar-refractivity contribution in [2.24, 2.45) is 5.41 Å². The SMILES string of the molecule is C[C@@H]1Cc2c([nH]c3ccccc23)CN1CC1(C)COC1. The molecule has 1 fully saturated rings. The zero-order valence-electron chi connectivity index (χ0n) is 12.3. The highest BCUT2D eigenvalue weighted by atomic mass is 16.5. The Balaban J connectivity index is 1.64. The average Bonchev–Trinajstić information content (AvgIpc) is 2.75. The molecule has 3 heterocycles. The normalized spacial score (nSPS) is 25.4. The van der Waals surface area contributed by atoms with E-state index < -0.39 is 0 Å². The number of H-pyrrole nitrogens is 1. The van der Waals surface area contributed by atoms with Crippen LogP contribution in [-0.2, 0) is 17.7 Å². The van der Waals surface area contributed by atoms with Gasteiger partial charge in [0.05, 0.1) is 13.2 Å². The van der Waals surface area contributed by atoms with Crippen molar-refractivity contribution in [3.63, 3.8) is 0 Å². The number of para-hydroxylation sites is 1. The minimum Gasteiger partial charge on any atom is -0.380 e. The summed E-state index contributed by atoms with van der Waals surface area (Å²) in [4.78, 5) is 6.23. The number of fused-ring (bicyclic) bond motifs is 3. The fourth-order valence-corrected chi connectivity index (χ4v) is 3.65. The lowest BCUT2D eigenvalue weighted by atomic mass is 9.86. The van der Waals surface area contributed by atoms with Crippen LogP contribution in [0.25, 0.3) is 10.9 Å². The molecule has 0 unspecified atom stereocenters. The summed E-state index contributed by atoms with van der Waals surface area (Å²) in [6.07, 6.45) is 1.15. The maximum atomic E-state index is 5.40. The van der Waals surface area contributed by atoms with Crippen molar-refractivity contribution in [1.82, 2.24) is 9.88 Å². The van der Waals surface area contributed by atoms with Gasteiger partial charge in [0.2, 0.25) is 0 Å². The van der Waals surface area contributed by atoms with Gasteiger partial charge in [0, 0.05) is 41.1 Å². The smallest absolute Gasteiger partial charge is 0.0554 e. The van der Waals surface area contributed by atoms with Crippen LogP contribution in [0.15, 0.2) is 24.3 Å². The molecule has 0 radical (unpaired) electrons. The van der Waals surface area contributed by atoms with E-state index in [1.807, 2.05) is 0 Å². The predicted octanol–water partition coefficient (Wildman–Crippen LogP) is 2.95. The maximum Gasteiger partial charge on any atom is 0.0554 e. The Hall–Kier alpha value is -1.32. The maximum absolute atomic E-state index is 5.40. The highest BCUT2D eigenvalue weighted by Gasteiger charge is 2.38. The predicted molar refractivity (Wildman–Crippen MR) is 80.8 cm³/mol. The average molecular weight is 270 g/mol. The molecule has 2 aliphatic heterocycles. The van der Waals surface area contributed by atoms with Crippen LogP contribution in [-0.4, -0.2) is 35.7 Å². The zero-order valence-corrected chi connectivity index (χ0v) is 12.3. The van der Waals surface area contributed by atoms with E-state index in [9.17, 15) is 0 Å². The fraction of sp³-hybridized carbons (Fsp3) is 0.529. The third-order valence-corrected chi connectivity index (χ3v) is 4.87. The van der Waals surface area contributed by atoms with Crippen molar-refractivity contribution in [2.75, 3.05) is 19.8 Å². The standard InChI is InChI=1S/C17H22N2O/c1-12-7-14-13-5-3-4-6-15(13)18-16(14)8-19(12)9-17(2)10-20-11-17/h3-6,12,18H,7-11H2,1-2H3/t12-/m1/s1. The highest BCUT2D eigenvalue weighted by molar-refractivity contribution is 5.84. The Morgan fingerprint density at radius 1 is 1.35 bits per heavy atom. The largest absolute Gasteiger partial charge is 0.380 e. The van der Waals surface area contributed by atoms with Crippen molar-refractivity contribution in [1.29, 1.82) is 0 Å². The van der Waals surface area contributed by atoms with E-state index in [0.717, 1.165) is 32.7 Å². The van der Waals surface area contributed by atoms with E-state index in [1.54, 1.807) is 0 Å². The summed E-state index contributed by atoms with van der Waals surface area (Å²) < 4.78 is 5.40. The number of hydrogen-bond donors (Lipinski definition) is 1.